The largest absolute Gasteiger partial charge is 0.0613 e. The Labute approximate surface area is 84.6 Å². The van der Waals surface area contributed by atoms with Crippen LogP contribution in [-0.4, -0.2) is 0 Å². The van der Waals surface area contributed by atoms with E-state index in [1.807, 2.05) is 0 Å². The van der Waals surface area contributed by atoms with E-state index in [9.17, 15) is 0 Å². The molecule has 0 heteroatoms. The van der Waals surface area contributed by atoms with Gasteiger partial charge in [0.15, 0.2) is 0 Å². The molecule has 0 aliphatic heterocycles. The van der Waals surface area contributed by atoms with Crippen LogP contribution >= 0.6 is 0 Å². The van der Waals surface area contributed by atoms with Crippen molar-refractivity contribution in [1.29, 1.82) is 0 Å². The quantitative estimate of drug-likeness (QED) is 0.631. The fourth-order valence-corrected chi connectivity index (χ4v) is 2.37. The molecule has 1 radical (unpaired) electrons. The summed E-state index contributed by atoms with van der Waals surface area (Å²) in [6.07, 6.45) is 4.58. The smallest absolute Gasteiger partial charge is 0.00427 e. The predicted molar refractivity (Wildman–Crippen MR) is 60.4 cm³/mol. The molecule has 3 rings (SSSR count). The monoisotopic (exact) mass is 181 g/mol. The van der Waals surface area contributed by atoms with Crippen molar-refractivity contribution < 1.29 is 0 Å². The van der Waals surface area contributed by atoms with Crippen LogP contribution in [0.25, 0.3) is 10.8 Å². The molecule has 0 unspecified atom stereocenters. The van der Waals surface area contributed by atoms with Crippen molar-refractivity contribution in [2.24, 2.45) is 0 Å². The summed E-state index contributed by atoms with van der Waals surface area (Å²) >= 11 is 0. The van der Waals surface area contributed by atoms with Gasteiger partial charge >= 0.3 is 0 Å². The van der Waals surface area contributed by atoms with E-state index in [1.54, 1.807) is 0 Å². The third kappa shape index (κ3) is 1.00. The van der Waals surface area contributed by atoms with Crippen LogP contribution in [-0.2, 0) is 12.8 Å². The molecule has 14 heavy (non-hydrogen) atoms. The lowest BCUT2D eigenvalue weighted by atomic mass is 10.0. The molecule has 0 saturated heterocycles. The highest BCUT2D eigenvalue weighted by Crippen LogP contribution is 2.32. The van der Waals surface area contributed by atoms with Gasteiger partial charge in [-0.2, -0.15) is 0 Å². The van der Waals surface area contributed by atoms with Gasteiger partial charge in [0.2, 0.25) is 0 Å². The third-order valence-electron chi connectivity index (χ3n) is 3.10. The summed E-state index contributed by atoms with van der Waals surface area (Å²) in [7, 11) is 0. The SMILES string of the molecule is CCc1cc2c3c(cccc3c1)[CH]C2. The van der Waals surface area contributed by atoms with Crippen LogP contribution in [0, 0.1) is 6.42 Å². The van der Waals surface area contributed by atoms with Gasteiger partial charge in [0.05, 0.1) is 0 Å². The fourth-order valence-electron chi connectivity index (χ4n) is 2.37. The molecule has 0 spiro atoms. The van der Waals surface area contributed by atoms with Crippen molar-refractivity contribution in [1.82, 2.24) is 0 Å². The molecule has 1 aliphatic carbocycles. The summed E-state index contributed by atoms with van der Waals surface area (Å²) in [5, 5.41) is 2.88. The molecule has 0 N–H and O–H groups in total. The topological polar surface area (TPSA) is 0 Å². The Hall–Kier alpha value is -1.30. The van der Waals surface area contributed by atoms with E-state index < -0.39 is 0 Å². The summed E-state index contributed by atoms with van der Waals surface area (Å²) in [5.74, 6) is 0. The Morgan fingerprint density at radius 1 is 1.21 bits per heavy atom. The summed E-state index contributed by atoms with van der Waals surface area (Å²) < 4.78 is 0. The van der Waals surface area contributed by atoms with Crippen molar-refractivity contribution in [2.45, 2.75) is 19.8 Å². The lowest BCUT2D eigenvalue weighted by Crippen LogP contribution is -1.85. The van der Waals surface area contributed by atoms with E-state index >= 15 is 0 Å². The zero-order valence-corrected chi connectivity index (χ0v) is 8.38. The number of hydrogen-bond donors (Lipinski definition) is 0. The van der Waals surface area contributed by atoms with Gasteiger partial charge in [-0.3, -0.25) is 0 Å². The lowest BCUT2D eigenvalue weighted by molar-refractivity contribution is 1.13. The minimum absolute atomic E-state index is 1.11. The first-order valence-electron chi connectivity index (χ1n) is 5.26. The van der Waals surface area contributed by atoms with Gasteiger partial charge in [0.1, 0.15) is 0 Å². The first-order valence-corrected chi connectivity index (χ1v) is 5.26. The van der Waals surface area contributed by atoms with Crippen LogP contribution in [0.1, 0.15) is 23.6 Å². The summed E-state index contributed by atoms with van der Waals surface area (Å²) in [5.41, 5.74) is 4.38. The molecule has 0 bridgehead atoms. The molecule has 0 amide bonds. The Kier molecular flexibility index (Phi) is 1.63. The van der Waals surface area contributed by atoms with E-state index in [0.29, 0.717) is 0 Å². The van der Waals surface area contributed by atoms with Gasteiger partial charge in [-0.25, -0.2) is 0 Å². The van der Waals surface area contributed by atoms with Gasteiger partial charge in [0.25, 0.3) is 0 Å². The maximum absolute atomic E-state index is 2.36. The minimum Gasteiger partial charge on any atom is -0.0613 e. The second kappa shape index (κ2) is 2.84. The van der Waals surface area contributed by atoms with Crippen molar-refractivity contribution >= 4 is 10.8 Å². The van der Waals surface area contributed by atoms with Gasteiger partial charge < -0.3 is 0 Å². The van der Waals surface area contributed by atoms with Crippen molar-refractivity contribution in [3.63, 3.8) is 0 Å². The standard InChI is InChI=1S/C14H13/c1-2-10-8-12-5-3-4-11-6-7-13(9-10)14(11)12/h3-6,8-9H,2,7H2,1H3. The molecule has 0 saturated carbocycles. The zero-order chi connectivity index (χ0) is 9.54. The van der Waals surface area contributed by atoms with Crippen LogP contribution < -0.4 is 0 Å². The van der Waals surface area contributed by atoms with E-state index in [2.05, 4.69) is 43.7 Å². The number of rotatable bonds is 1. The highest BCUT2D eigenvalue weighted by Gasteiger charge is 2.14. The Bertz CT molecular complexity index is 495. The van der Waals surface area contributed by atoms with Crippen LogP contribution in [0.3, 0.4) is 0 Å². The Morgan fingerprint density at radius 2 is 2.14 bits per heavy atom. The van der Waals surface area contributed by atoms with Crippen LogP contribution in [0.2, 0.25) is 0 Å². The van der Waals surface area contributed by atoms with E-state index in [0.717, 1.165) is 12.8 Å². The first-order chi connectivity index (χ1) is 6.88. The molecule has 0 nitrogen and oxygen atoms in total. The van der Waals surface area contributed by atoms with Crippen molar-refractivity contribution in [3.8, 4) is 0 Å². The number of hydrogen-bond acceptors (Lipinski definition) is 0. The highest BCUT2D eigenvalue weighted by atomic mass is 14.2. The summed E-state index contributed by atoms with van der Waals surface area (Å²) in [6, 6.07) is 11.3. The van der Waals surface area contributed by atoms with E-state index in [4.69, 9.17) is 0 Å². The fraction of sp³-hybridized carbons (Fsp3) is 0.214. The average Bonchev–Trinajstić information content (AvgIpc) is 2.64. The van der Waals surface area contributed by atoms with Crippen molar-refractivity contribution in [3.05, 3.63) is 53.4 Å². The van der Waals surface area contributed by atoms with Gasteiger partial charge in [-0.05, 0) is 46.7 Å². The molecular weight excluding hydrogens is 168 g/mol. The Morgan fingerprint density at radius 3 is 3.00 bits per heavy atom. The van der Waals surface area contributed by atoms with Crippen LogP contribution in [0.5, 0.6) is 0 Å². The maximum atomic E-state index is 2.36. The average molecular weight is 181 g/mol. The van der Waals surface area contributed by atoms with Gasteiger partial charge in [-0.15, -0.1) is 0 Å². The lowest BCUT2D eigenvalue weighted by Gasteiger charge is -2.04. The number of benzene rings is 2. The molecule has 0 fully saturated rings. The van der Waals surface area contributed by atoms with Gasteiger partial charge in [-0.1, -0.05) is 37.3 Å². The molecule has 1 aliphatic rings. The minimum atomic E-state index is 1.11. The third-order valence-corrected chi connectivity index (χ3v) is 3.10. The molecule has 69 valence electrons. The molecule has 0 aromatic heterocycles. The first kappa shape index (κ1) is 8.05. The van der Waals surface area contributed by atoms with Crippen molar-refractivity contribution in [2.75, 3.05) is 0 Å². The van der Waals surface area contributed by atoms with E-state index in [-0.39, 0.29) is 0 Å². The molecule has 2 aromatic carbocycles. The molecule has 2 aromatic rings. The Balaban J connectivity index is 2.41. The summed E-state index contributed by atoms with van der Waals surface area (Å²) in [6.45, 7) is 2.22. The predicted octanol–water partition coefficient (Wildman–Crippen LogP) is 3.51. The molecule has 0 heterocycles. The van der Waals surface area contributed by atoms with E-state index in [1.165, 1.54) is 27.5 Å². The molecule has 0 atom stereocenters. The second-order valence-electron chi connectivity index (χ2n) is 3.96. The maximum Gasteiger partial charge on any atom is -0.00427 e. The second-order valence-corrected chi connectivity index (χ2v) is 3.96. The molecular formula is C14H13. The van der Waals surface area contributed by atoms with Crippen LogP contribution in [0.4, 0.5) is 0 Å². The highest BCUT2D eigenvalue weighted by molar-refractivity contribution is 5.92. The summed E-state index contributed by atoms with van der Waals surface area (Å²) in [4.78, 5) is 0. The van der Waals surface area contributed by atoms with Crippen LogP contribution in [0.15, 0.2) is 30.3 Å². The zero-order valence-electron chi connectivity index (χ0n) is 8.38. The van der Waals surface area contributed by atoms with Gasteiger partial charge in [0, 0.05) is 0 Å². The number of aryl methyl sites for hydroxylation is 1. The normalized spacial score (nSPS) is 13.8.